The minimum Gasteiger partial charge on any atom is -0.369 e. The normalized spacial score (nSPS) is 15.7. The molecule has 1 saturated heterocycles. The Morgan fingerprint density at radius 3 is 2.42 bits per heavy atom. The van der Waals surface area contributed by atoms with Gasteiger partial charge in [-0.15, -0.1) is 0 Å². The number of H-pyrrole nitrogens is 1. The quantitative estimate of drug-likeness (QED) is 0.728. The number of hydrogen-bond acceptors (Lipinski definition) is 4. The Balaban J connectivity index is 1.38. The monoisotopic (exact) mass is 349 g/mol. The van der Waals surface area contributed by atoms with Crippen molar-refractivity contribution in [2.45, 2.75) is 13.8 Å². The van der Waals surface area contributed by atoms with Crippen LogP contribution < -0.4 is 10.2 Å². The second kappa shape index (κ2) is 7.38. The first-order valence-corrected chi connectivity index (χ1v) is 9.46. The fourth-order valence-corrected chi connectivity index (χ4v) is 3.61. The first kappa shape index (κ1) is 16.9. The molecule has 0 radical (unpaired) electrons. The van der Waals surface area contributed by atoms with E-state index in [1.54, 1.807) is 0 Å². The SMILES string of the molecule is CC(C)CN1CCN(c2ccc(Nc3nc4ccccc4[nH]3)cc2)CC1. The van der Waals surface area contributed by atoms with Gasteiger partial charge in [-0.2, -0.15) is 0 Å². The standard InChI is InChI=1S/C21H27N5/c1-16(2)15-25-11-13-26(14-12-25)18-9-7-17(8-10-18)22-21-23-19-5-3-4-6-20(19)24-21/h3-10,16H,11-15H2,1-2H3,(H2,22,23,24). The fourth-order valence-electron chi connectivity index (χ4n) is 3.61. The summed E-state index contributed by atoms with van der Waals surface area (Å²) in [5, 5.41) is 3.36. The second-order valence-corrected chi connectivity index (χ2v) is 7.46. The second-order valence-electron chi connectivity index (χ2n) is 7.46. The number of para-hydroxylation sites is 2. The molecule has 0 bridgehead atoms. The molecule has 1 fully saturated rings. The molecule has 3 aromatic rings. The van der Waals surface area contributed by atoms with Crippen molar-refractivity contribution in [3.8, 4) is 0 Å². The van der Waals surface area contributed by atoms with E-state index < -0.39 is 0 Å². The van der Waals surface area contributed by atoms with E-state index in [0.717, 1.165) is 54.8 Å². The zero-order valence-electron chi connectivity index (χ0n) is 15.6. The topological polar surface area (TPSA) is 47.2 Å². The number of imidazole rings is 1. The smallest absolute Gasteiger partial charge is 0.205 e. The molecule has 0 unspecified atom stereocenters. The van der Waals surface area contributed by atoms with Crippen LogP contribution in [0, 0.1) is 5.92 Å². The van der Waals surface area contributed by atoms with Crippen LogP contribution in [0.4, 0.5) is 17.3 Å². The maximum absolute atomic E-state index is 4.57. The van der Waals surface area contributed by atoms with Crippen molar-refractivity contribution in [2.75, 3.05) is 42.9 Å². The van der Waals surface area contributed by atoms with Gasteiger partial charge in [0.15, 0.2) is 0 Å². The third-order valence-electron chi connectivity index (χ3n) is 4.88. The van der Waals surface area contributed by atoms with Crippen molar-refractivity contribution < 1.29 is 0 Å². The molecule has 5 heteroatoms. The maximum Gasteiger partial charge on any atom is 0.205 e. The van der Waals surface area contributed by atoms with Gasteiger partial charge in [0.25, 0.3) is 0 Å². The number of anilines is 3. The van der Waals surface area contributed by atoms with Crippen LogP contribution in [0.5, 0.6) is 0 Å². The summed E-state index contributed by atoms with van der Waals surface area (Å²) in [6.45, 7) is 10.3. The maximum atomic E-state index is 4.57. The minimum atomic E-state index is 0.741. The number of benzene rings is 2. The first-order valence-electron chi connectivity index (χ1n) is 9.46. The molecule has 0 atom stereocenters. The highest BCUT2D eigenvalue weighted by Gasteiger charge is 2.17. The van der Waals surface area contributed by atoms with Crippen LogP contribution in [0.15, 0.2) is 48.5 Å². The first-order chi connectivity index (χ1) is 12.7. The predicted octanol–water partition coefficient (Wildman–Crippen LogP) is 4.08. The molecule has 0 aliphatic carbocycles. The van der Waals surface area contributed by atoms with Crippen LogP contribution in [0.25, 0.3) is 11.0 Å². The highest BCUT2D eigenvalue weighted by Crippen LogP contribution is 2.22. The molecule has 2 N–H and O–H groups in total. The predicted molar refractivity (Wildman–Crippen MR) is 109 cm³/mol. The van der Waals surface area contributed by atoms with Crippen LogP contribution >= 0.6 is 0 Å². The van der Waals surface area contributed by atoms with Gasteiger partial charge >= 0.3 is 0 Å². The Kier molecular flexibility index (Phi) is 4.80. The number of piperazine rings is 1. The van der Waals surface area contributed by atoms with Crippen molar-refractivity contribution in [3.63, 3.8) is 0 Å². The zero-order chi connectivity index (χ0) is 17.9. The Bertz CT molecular complexity index is 811. The van der Waals surface area contributed by atoms with Gasteiger partial charge in [-0.1, -0.05) is 26.0 Å². The van der Waals surface area contributed by atoms with E-state index >= 15 is 0 Å². The molecule has 5 nitrogen and oxygen atoms in total. The molecule has 0 spiro atoms. The molecule has 1 aliphatic rings. The molecule has 0 amide bonds. The van der Waals surface area contributed by atoms with E-state index in [4.69, 9.17) is 0 Å². The summed E-state index contributed by atoms with van der Waals surface area (Å²) in [5.41, 5.74) is 4.37. The molecule has 26 heavy (non-hydrogen) atoms. The van der Waals surface area contributed by atoms with Crippen molar-refractivity contribution in [1.29, 1.82) is 0 Å². The number of nitrogens with one attached hydrogen (secondary N) is 2. The summed E-state index contributed by atoms with van der Waals surface area (Å²) in [5.74, 6) is 1.52. The zero-order valence-corrected chi connectivity index (χ0v) is 15.6. The van der Waals surface area contributed by atoms with E-state index in [1.165, 1.54) is 12.2 Å². The molecule has 4 rings (SSSR count). The van der Waals surface area contributed by atoms with Gasteiger partial charge in [0.05, 0.1) is 11.0 Å². The van der Waals surface area contributed by atoms with Crippen molar-refractivity contribution >= 4 is 28.4 Å². The largest absolute Gasteiger partial charge is 0.369 e. The van der Waals surface area contributed by atoms with Gasteiger partial charge in [-0.25, -0.2) is 4.98 Å². The Morgan fingerprint density at radius 2 is 1.73 bits per heavy atom. The Hall–Kier alpha value is -2.53. The number of rotatable bonds is 5. The van der Waals surface area contributed by atoms with Gasteiger partial charge < -0.3 is 15.2 Å². The molecule has 0 saturated carbocycles. The van der Waals surface area contributed by atoms with Crippen LogP contribution in [-0.2, 0) is 0 Å². The summed E-state index contributed by atoms with van der Waals surface area (Å²) in [7, 11) is 0. The summed E-state index contributed by atoms with van der Waals surface area (Å²) >= 11 is 0. The van der Waals surface area contributed by atoms with Gasteiger partial charge in [0, 0.05) is 44.1 Å². The van der Waals surface area contributed by atoms with Gasteiger partial charge in [-0.3, -0.25) is 4.90 Å². The molecule has 1 aromatic heterocycles. The van der Waals surface area contributed by atoms with Gasteiger partial charge in [-0.05, 0) is 42.3 Å². The van der Waals surface area contributed by atoms with E-state index in [-0.39, 0.29) is 0 Å². The third-order valence-corrected chi connectivity index (χ3v) is 4.88. The Morgan fingerprint density at radius 1 is 1.00 bits per heavy atom. The lowest BCUT2D eigenvalue weighted by atomic mass is 10.2. The summed E-state index contributed by atoms with van der Waals surface area (Å²) < 4.78 is 0. The van der Waals surface area contributed by atoms with Gasteiger partial charge in [0.2, 0.25) is 5.95 Å². The van der Waals surface area contributed by atoms with Crippen LogP contribution in [0.2, 0.25) is 0 Å². The lowest BCUT2D eigenvalue weighted by molar-refractivity contribution is 0.231. The van der Waals surface area contributed by atoms with Crippen LogP contribution in [0.3, 0.4) is 0 Å². The van der Waals surface area contributed by atoms with Gasteiger partial charge in [0.1, 0.15) is 0 Å². The fraction of sp³-hybridized carbons (Fsp3) is 0.381. The molecule has 2 heterocycles. The molecule has 136 valence electrons. The van der Waals surface area contributed by atoms with Crippen molar-refractivity contribution in [2.24, 2.45) is 5.92 Å². The third kappa shape index (κ3) is 3.83. The lowest BCUT2D eigenvalue weighted by Crippen LogP contribution is -2.47. The summed E-state index contributed by atoms with van der Waals surface area (Å²) in [6, 6.07) is 16.7. The minimum absolute atomic E-state index is 0.741. The average Bonchev–Trinajstić information content (AvgIpc) is 3.05. The summed E-state index contributed by atoms with van der Waals surface area (Å²) in [4.78, 5) is 12.9. The number of fused-ring (bicyclic) bond motifs is 1. The number of aromatic nitrogens is 2. The van der Waals surface area contributed by atoms with E-state index in [9.17, 15) is 0 Å². The van der Waals surface area contributed by atoms with Crippen molar-refractivity contribution in [3.05, 3.63) is 48.5 Å². The van der Waals surface area contributed by atoms with E-state index in [0.29, 0.717) is 0 Å². The van der Waals surface area contributed by atoms with Crippen LogP contribution in [0.1, 0.15) is 13.8 Å². The lowest BCUT2D eigenvalue weighted by Gasteiger charge is -2.36. The molecule has 2 aromatic carbocycles. The molecular weight excluding hydrogens is 322 g/mol. The highest BCUT2D eigenvalue weighted by atomic mass is 15.3. The average molecular weight is 349 g/mol. The van der Waals surface area contributed by atoms with E-state index in [2.05, 4.69) is 63.2 Å². The van der Waals surface area contributed by atoms with Crippen molar-refractivity contribution in [1.82, 2.24) is 14.9 Å². The molecular formula is C21H27N5. The summed E-state index contributed by atoms with van der Waals surface area (Å²) in [6.07, 6.45) is 0. The number of aromatic amines is 1. The highest BCUT2D eigenvalue weighted by molar-refractivity contribution is 5.78. The molecule has 1 aliphatic heterocycles. The van der Waals surface area contributed by atoms with E-state index in [1.807, 2.05) is 24.3 Å². The number of hydrogen-bond donors (Lipinski definition) is 2. The number of nitrogens with zero attached hydrogens (tertiary/aromatic N) is 3. The Labute approximate surface area is 155 Å². The van der Waals surface area contributed by atoms with Crippen LogP contribution in [-0.4, -0.2) is 47.6 Å².